The molecule has 1 aliphatic heterocycles. The standard InChI is InChI=1S/C36H48N2O4S2/c1-35(2)18-19-36(3,4)31-25-28(14-15-30(31)35)32(39)16-11-26-9-12-27(13-10-26)34(41)38-21-23-42-22-20-37-33(40)8-6-5-7-29-17-24-43-44-29/h9-16,25,29H,5-8,17-24H2,1-4H3,(H,37,40)(H,38,41)/b16-11+/t29-/m1/s1. The first-order valence-corrected chi connectivity index (χ1v) is 18.3. The van der Waals surface area contributed by atoms with Crippen LogP contribution in [0, 0.1) is 0 Å². The highest BCUT2D eigenvalue weighted by molar-refractivity contribution is 8.77. The number of carbonyl (C=O) groups is 3. The molecular weight excluding hydrogens is 589 g/mol. The Kier molecular flexibility index (Phi) is 12.6. The summed E-state index contributed by atoms with van der Waals surface area (Å²) in [6.45, 7) is 10.7. The summed E-state index contributed by atoms with van der Waals surface area (Å²) in [4.78, 5) is 37.5. The first kappa shape index (κ1) is 34.3. The number of hydrogen-bond acceptors (Lipinski definition) is 6. The minimum absolute atomic E-state index is 0.0264. The predicted molar refractivity (Wildman–Crippen MR) is 185 cm³/mol. The molecule has 2 aromatic rings. The van der Waals surface area contributed by atoms with Gasteiger partial charge in [0.05, 0.1) is 13.2 Å². The van der Waals surface area contributed by atoms with E-state index in [2.05, 4.69) is 50.5 Å². The number of nitrogens with one attached hydrogen (secondary N) is 2. The second kappa shape index (κ2) is 16.1. The average Bonchev–Trinajstić information content (AvgIpc) is 3.53. The van der Waals surface area contributed by atoms with Gasteiger partial charge in [0.1, 0.15) is 0 Å². The van der Waals surface area contributed by atoms with Crippen LogP contribution in [-0.4, -0.2) is 54.9 Å². The molecule has 1 aliphatic carbocycles. The Balaban J connectivity index is 1.12. The number of unbranched alkanes of at least 4 members (excludes halogenated alkanes) is 1. The van der Waals surface area contributed by atoms with Crippen molar-refractivity contribution in [2.24, 2.45) is 0 Å². The van der Waals surface area contributed by atoms with Crippen LogP contribution in [0.4, 0.5) is 0 Å². The van der Waals surface area contributed by atoms with Gasteiger partial charge in [0, 0.05) is 41.6 Å². The van der Waals surface area contributed by atoms with E-state index in [0.29, 0.717) is 43.9 Å². The van der Waals surface area contributed by atoms with Crippen LogP contribution in [0.3, 0.4) is 0 Å². The van der Waals surface area contributed by atoms with Crippen LogP contribution in [0.2, 0.25) is 0 Å². The lowest BCUT2D eigenvalue weighted by Gasteiger charge is -2.42. The Morgan fingerprint density at radius 1 is 0.886 bits per heavy atom. The van der Waals surface area contributed by atoms with Crippen molar-refractivity contribution in [3.63, 3.8) is 0 Å². The van der Waals surface area contributed by atoms with Crippen LogP contribution >= 0.6 is 21.6 Å². The van der Waals surface area contributed by atoms with Gasteiger partial charge < -0.3 is 15.4 Å². The Labute approximate surface area is 271 Å². The van der Waals surface area contributed by atoms with E-state index in [1.807, 2.05) is 39.8 Å². The Bertz CT molecular complexity index is 1310. The molecular formula is C36H48N2O4S2. The van der Waals surface area contributed by atoms with Crippen molar-refractivity contribution >= 4 is 45.3 Å². The maximum atomic E-state index is 13.0. The molecule has 1 fully saturated rings. The maximum Gasteiger partial charge on any atom is 0.251 e. The summed E-state index contributed by atoms with van der Waals surface area (Å²) in [7, 11) is 3.95. The number of ether oxygens (including phenoxy) is 1. The van der Waals surface area contributed by atoms with Crippen molar-refractivity contribution in [2.75, 3.05) is 32.1 Å². The number of carbonyl (C=O) groups excluding carboxylic acids is 3. The van der Waals surface area contributed by atoms with Gasteiger partial charge in [-0.3, -0.25) is 14.4 Å². The molecule has 8 heteroatoms. The molecule has 2 amide bonds. The van der Waals surface area contributed by atoms with Crippen LogP contribution in [0.1, 0.15) is 110 Å². The largest absolute Gasteiger partial charge is 0.378 e. The predicted octanol–water partition coefficient (Wildman–Crippen LogP) is 7.51. The van der Waals surface area contributed by atoms with E-state index in [-0.39, 0.29) is 28.4 Å². The van der Waals surface area contributed by atoms with E-state index in [0.717, 1.165) is 36.5 Å². The summed E-state index contributed by atoms with van der Waals surface area (Å²) in [5.74, 6) is 1.12. The number of ketones is 1. The third-order valence-electron chi connectivity index (χ3n) is 8.75. The topological polar surface area (TPSA) is 84.5 Å². The molecule has 1 saturated heterocycles. The highest BCUT2D eigenvalue weighted by atomic mass is 33.1. The second-order valence-corrected chi connectivity index (χ2v) is 15.9. The molecule has 6 nitrogen and oxygen atoms in total. The Morgan fingerprint density at radius 3 is 2.27 bits per heavy atom. The second-order valence-electron chi connectivity index (χ2n) is 13.1. The van der Waals surface area contributed by atoms with Gasteiger partial charge in [0.2, 0.25) is 5.91 Å². The van der Waals surface area contributed by atoms with Crippen LogP contribution in [0.25, 0.3) is 6.08 Å². The SMILES string of the molecule is CC1(C)CCC(C)(C)c2cc(C(=O)/C=C/c3ccc(C(=O)NCCOCCNC(=O)CCCC[C@@H]4CCSS4)cc3)ccc21. The fraction of sp³-hybridized carbons (Fsp3) is 0.528. The van der Waals surface area contributed by atoms with Crippen molar-refractivity contribution in [1.29, 1.82) is 0 Å². The zero-order valence-corrected chi connectivity index (χ0v) is 28.3. The number of benzene rings is 2. The molecule has 44 heavy (non-hydrogen) atoms. The fourth-order valence-electron chi connectivity index (χ4n) is 5.77. The summed E-state index contributed by atoms with van der Waals surface area (Å²) in [6.07, 6.45) is 10.7. The Hall–Kier alpha value is -2.55. The first-order chi connectivity index (χ1) is 21.0. The number of rotatable bonds is 15. The van der Waals surface area contributed by atoms with E-state index in [1.165, 1.54) is 29.7 Å². The van der Waals surface area contributed by atoms with Crippen LogP contribution in [-0.2, 0) is 20.4 Å². The van der Waals surface area contributed by atoms with Gasteiger partial charge in [-0.05, 0) is 83.9 Å². The van der Waals surface area contributed by atoms with E-state index in [9.17, 15) is 14.4 Å². The van der Waals surface area contributed by atoms with Crippen molar-refractivity contribution in [3.8, 4) is 0 Å². The number of amides is 2. The summed E-state index contributed by atoms with van der Waals surface area (Å²) < 4.78 is 5.55. The minimum atomic E-state index is -0.178. The van der Waals surface area contributed by atoms with Crippen molar-refractivity contribution in [2.45, 2.75) is 88.7 Å². The molecule has 2 aromatic carbocycles. The smallest absolute Gasteiger partial charge is 0.251 e. The van der Waals surface area contributed by atoms with Gasteiger partial charge in [-0.1, -0.05) is 86.0 Å². The van der Waals surface area contributed by atoms with Crippen molar-refractivity contribution < 1.29 is 19.1 Å². The molecule has 2 N–H and O–H groups in total. The molecule has 0 saturated carbocycles. The number of allylic oxidation sites excluding steroid dienone is 1. The third kappa shape index (κ3) is 9.98. The molecule has 4 rings (SSSR count). The monoisotopic (exact) mass is 636 g/mol. The van der Waals surface area contributed by atoms with Crippen LogP contribution in [0.5, 0.6) is 0 Å². The highest BCUT2D eigenvalue weighted by Gasteiger charge is 2.37. The molecule has 0 spiro atoms. The van der Waals surface area contributed by atoms with E-state index >= 15 is 0 Å². The lowest BCUT2D eigenvalue weighted by atomic mass is 9.63. The van der Waals surface area contributed by atoms with Crippen LogP contribution in [0.15, 0.2) is 48.5 Å². The Morgan fingerprint density at radius 2 is 1.57 bits per heavy atom. The normalized spacial score (nSPS) is 18.6. The summed E-state index contributed by atoms with van der Waals surface area (Å²) in [5.41, 5.74) is 4.89. The molecule has 238 valence electrons. The van der Waals surface area contributed by atoms with Gasteiger partial charge in [-0.2, -0.15) is 0 Å². The van der Waals surface area contributed by atoms with Crippen LogP contribution < -0.4 is 10.6 Å². The van der Waals surface area contributed by atoms with E-state index in [4.69, 9.17) is 4.74 Å². The van der Waals surface area contributed by atoms with E-state index < -0.39 is 0 Å². The van der Waals surface area contributed by atoms with Crippen molar-refractivity contribution in [1.82, 2.24) is 10.6 Å². The third-order valence-corrected chi connectivity index (χ3v) is 11.8. The molecule has 0 bridgehead atoms. The zero-order valence-electron chi connectivity index (χ0n) is 26.7. The highest BCUT2D eigenvalue weighted by Crippen LogP contribution is 2.46. The lowest BCUT2D eigenvalue weighted by Crippen LogP contribution is -2.34. The van der Waals surface area contributed by atoms with Crippen molar-refractivity contribution in [3.05, 3.63) is 76.4 Å². The quantitative estimate of drug-likeness (QED) is 0.0911. The maximum absolute atomic E-state index is 13.0. The molecule has 0 unspecified atom stereocenters. The summed E-state index contributed by atoms with van der Waals surface area (Å²) >= 11 is 0. The first-order valence-electron chi connectivity index (χ1n) is 15.9. The zero-order chi connectivity index (χ0) is 31.6. The summed E-state index contributed by atoms with van der Waals surface area (Å²) in [6, 6.07) is 13.3. The number of fused-ring (bicyclic) bond motifs is 1. The van der Waals surface area contributed by atoms with Gasteiger partial charge in [0.25, 0.3) is 5.91 Å². The van der Waals surface area contributed by atoms with Gasteiger partial charge in [0.15, 0.2) is 5.78 Å². The van der Waals surface area contributed by atoms with Gasteiger partial charge in [-0.15, -0.1) is 0 Å². The molecule has 1 heterocycles. The minimum Gasteiger partial charge on any atom is -0.378 e. The van der Waals surface area contributed by atoms with Gasteiger partial charge in [-0.25, -0.2) is 0 Å². The van der Waals surface area contributed by atoms with Gasteiger partial charge >= 0.3 is 0 Å². The molecule has 0 radical (unpaired) electrons. The van der Waals surface area contributed by atoms with E-state index in [1.54, 1.807) is 24.3 Å². The fourth-order valence-corrected chi connectivity index (χ4v) is 8.80. The lowest BCUT2D eigenvalue weighted by molar-refractivity contribution is -0.121. The number of hydrogen-bond donors (Lipinski definition) is 2. The molecule has 0 aromatic heterocycles. The summed E-state index contributed by atoms with van der Waals surface area (Å²) in [5, 5.41) is 6.52. The average molecular weight is 637 g/mol. The molecule has 2 aliphatic rings. The molecule has 1 atom stereocenters.